The third-order valence-corrected chi connectivity index (χ3v) is 4.98. The second-order valence-electron chi connectivity index (χ2n) is 6.60. The van der Waals surface area contributed by atoms with Gasteiger partial charge in [0.2, 0.25) is 0 Å². The highest BCUT2D eigenvalue weighted by Crippen LogP contribution is 2.40. The van der Waals surface area contributed by atoms with Crippen LogP contribution in [-0.2, 0) is 11.2 Å². The van der Waals surface area contributed by atoms with Gasteiger partial charge in [-0.15, -0.1) is 11.8 Å². The van der Waals surface area contributed by atoms with Gasteiger partial charge in [0.1, 0.15) is 11.3 Å². The molecule has 0 unspecified atom stereocenters. The molecule has 0 aliphatic rings. The number of thioether (sulfide) groups is 1. The first kappa shape index (κ1) is 17.4. The number of phenols is 1. The van der Waals surface area contributed by atoms with Crippen molar-refractivity contribution in [2.75, 3.05) is 0 Å². The zero-order valence-electron chi connectivity index (χ0n) is 13.9. The lowest BCUT2D eigenvalue weighted by Crippen LogP contribution is -2.14. The Balaban J connectivity index is 2.46. The molecule has 0 bridgehead atoms. The molecule has 2 aromatic carbocycles. The predicted octanol–water partition coefficient (Wildman–Crippen LogP) is 4.99. The molecule has 2 N–H and O–H groups in total. The average Bonchev–Trinajstić information content (AvgIpc) is 2.46. The lowest BCUT2D eigenvalue weighted by Gasteiger charge is -2.24. The lowest BCUT2D eigenvalue weighted by atomic mass is 9.84. The van der Waals surface area contributed by atoms with Crippen molar-refractivity contribution in [2.24, 2.45) is 0 Å². The molecule has 2 aromatic rings. The van der Waals surface area contributed by atoms with Crippen LogP contribution in [0, 0.1) is 6.92 Å². The van der Waals surface area contributed by atoms with Crippen LogP contribution in [0.2, 0.25) is 0 Å². The molecule has 0 atom stereocenters. The number of hydrogen-bond donors (Lipinski definition) is 2. The second kappa shape index (κ2) is 6.67. The Morgan fingerprint density at radius 3 is 2.30 bits per heavy atom. The number of hydrogen-bond acceptors (Lipinski definition) is 3. The summed E-state index contributed by atoms with van der Waals surface area (Å²) in [6.45, 7) is 7.65. The summed E-state index contributed by atoms with van der Waals surface area (Å²) in [5.74, 6) is -0.450. The summed E-state index contributed by atoms with van der Waals surface area (Å²) in [5, 5.41) is 19.9. The van der Waals surface area contributed by atoms with E-state index in [0.29, 0.717) is 11.1 Å². The summed E-state index contributed by atoms with van der Waals surface area (Å²) in [6.07, 6.45) is 0. The van der Waals surface area contributed by atoms with E-state index in [9.17, 15) is 15.0 Å². The molecule has 0 heterocycles. The van der Waals surface area contributed by atoms with Crippen molar-refractivity contribution in [1.29, 1.82) is 0 Å². The fourth-order valence-electron chi connectivity index (χ4n) is 2.46. The molecule has 3 nitrogen and oxygen atoms in total. The number of carbonyl (C=O) groups is 1. The molecule has 0 aliphatic carbocycles. The van der Waals surface area contributed by atoms with Crippen LogP contribution in [0.1, 0.15) is 47.8 Å². The minimum absolute atomic E-state index is 0.00740. The Morgan fingerprint density at radius 1 is 1.17 bits per heavy atom. The molecule has 0 aliphatic heterocycles. The Kier molecular flexibility index (Phi) is 5.05. The Bertz CT molecular complexity index is 716. The molecular formula is C19H22O3S. The molecular weight excluding hydrogens is 308 g/mol. The Morgan fingerprint density at radius 2 is 1.78 bits per heavy atom. The van der Waals surface area contributed by atoms with Crippen LogP contribution in [0.3, 0.4) is 0 Å². The van der Waals surface area contributed by atoms with Crippen LogP contribution in [-0.4, -0.2) is 16.2 Å². The topological polar surface area (TPSA) is 57.5 Å². The first-order valence-electron chi connectivity index (χ1n) is 7.49. The van der Waals surface area contributed by atoms with Crippen LogP contribution < -0.4 is 0 Å². The minimum atomic E-state index is -1.09. The van der Waals surface area contributed by atoms with Gasteiger partial charge in [0.05, 0.1) is 0 Å². The van der Waals surface area contributed by atoms with Crippen LogP contribution in [0.5, 0.6) is 5.75 Å². The zero-order chi connectivity index (χ0) is 17.2. The SMILES string of the molecule is Cc1c(SCc2ccccc2)cc(C(C)(C)C)c(O)c1C(=O)O. The van der Waals surface area contributed by atoms with Crippen molar-refractivity contribution in [3.63, 3.8) is 0 Å². The Hall–Kier alpha value is -1.94. The maximum Gasteiger partial charge on any atom is 0.339 e. The summed E-state index contributed by atoms with van der Waals surface area (Å²) < 4.78 is 0. The van der Waals surface area contributed by atoms with Crippen LogP contribution in [0.25, 0.3) is 0 Å². The third kappa shape index (κ3) is 3.88. The van der Waals surface area contributed by atoms with Gasteiger partial charge in [-0.3, -0.25) is 0 Å². The molecule has 0 spiro atoms. The molecule has 0 radical (unpaired) electrons. The normalized spacial score (nSPS) is 11.5. The first-order valence-corrected chi connectivity index (χ1v) is 8.47. The van der Waals surface area contributed by atoms with E-state index in [1.165, 1.54) is 5.56 Å². The number of rotatable bonds is 4. The molecule has 0 fully saturated rings. The largest absolute Gasteiger partial charge is 0.507 e. The molecule has 4 heteroatoms. The second-order valence-corrected chi connectivity index (χ2v) is 7.62. The van der Waals surface area contributed by atoms with Gasteiger partial charge >= 0.3 is 5.97 Å². The van der Waals surface area contributed by atoms with E-state index in [2.05, 4.69) is 0 Å². The fraction of sp³-hybridized carbons (Fsp3) is 0.316. The fourth-order valence-corrected chi connectivity index (χ4v) is 3.50. The van der Waals surface area contributed by atoms with E-state index in [1.807, 2.05) is 57.2 Å². The first-order chi connectivity index (χ1) is 10.7. The molecule has 122 valence electrons. The van der Waals surface area contributed by atoms with Crippen molar-refractivity contribution in [3.8, 4) is 5.75 Å². The predicted molar refractivity (Wildman–Crippen MR) is 94.5 cm³/mol. The summed E-state index contributed by atoms with van der Waals surface area (Å²) in [4.78, 5) is 12.5. The van der Waals surface area contributed by atoms with E-state index in [-0.39, 0.29) is 16.7 Å². The van der Waals surface area contributed by atoms with Gasteiger partial charge in [-0.05, 0) is 29.5 Å². The smallest absolute Gasteiger partial charge is 0.339 e. The zero-order valence-corrected chi connectivity index (χ0v) is 14.7. The van der Waals surface area contributed by atoms with Crippen LogP contribution in [0.15, 0.2) is 41.3 Å². The van der Waals surface area contributed by atoms with Crippen molar-refractivity contribution in [2.45, 2.75) is 43.8 Å². The van der Waals surface area contributed by atoms with Crippen molar-refractivity contribution in [3.05, 3.63) is 58.7 Å². The van der Waals surface area contributed by atoms with Gasteiger partial charge in [0.25, 0.3) is 0 Å². The Labute approximate surface area is 141 Å². The summed E-state index contributed by atoms with van der Waals surface area (Å²) in [7, 11) is 0. The van der Waals surface area contributed by atoms with Crippen molar-refractivity contribution in [1.82, 2.24) is 0 Å². The summed E-state index contributed by atoms with van der Waals surface area (Å²) in [6, 6.07) is 12.0. The number of benzene rings is 2. The maximum absolute atomic E-state index is 11.6. The highest BCUT2D eigenvalue weighted by molar-refractivity contribution is 7.98. The molecule has 23 heavy (non-hydrogen) atoms. The van der Waals surface area contributed by atoms with Gasteiger partial charge < -0.3 is 10.2 Å². The van der Waals surface area contributed by atoms with Gasteiger partial charge in [0, 0.05) is 16.2 Å². The van der Waals surface area contributed by atoms with E-state index < -0.39 is 5.97 Å². The van der Waals surface area contributed by atoms with Gasteiger partial charge in [-0.2, -0.15) is 0 Å². The quantitative estimate of drug-likeness (QED) is 0.776. The highest BCUT2D eigenvalue weighted by atomic mass is 32.2. The summed E-state index contributed by atoms with van der Waals surface area (Å²) in [5.41, 5.74) is 2.14. The van der Waals surface area contributed by atoms with Crippen LogP contribution in [0.4, 0.5) is 0 Å². The van der Waals surface area contributed by atoms with E-state index in [4.69, 9.17) is 0 Å². The molecule has 0 saturated carbocycles. The third-order valence-electron chi connectivity index (χ3n) is 3.77. The van der Waals surface area contributed by atoms with E-state index in [1.54, 1.807) is 18.7 Å². The van der Waals surface area contributed by atoms with Crippen molar-refractivity contribution < 1.29 is 15.0 Å². The number of carboxylic acids is 1. The monoisotopic (exact) mass is 330 g/mol. The van der Waals surface area contributed by atoms with Gasteiger partial charge in [-0.1, -0.05) is 51.1 Å². The molecule has 0 saturated heterocycles. The maximum atomic E-state index is 11.6. The highest BCUT2D eigenvalue weighted by Gasteiger charge is 2.26. The number of aromatic hydroxyl groups is 1. The van der Waals surface area contributed by atoms with E-state index >= 15 is 0 Å². The average molecular weight is 330 g/mol. The van der Waals surface area contributed by atoms with Gasteiger partial charge in [-0.25, -0.2) is 4.79 Å². The minimum Gasteiger partial charge on any atom is -0.507 e. The van der Waals surface area contributed by atoms with Crippen molar-refractivity contribution >= 4 is 17.7 Å². The summed E-state index contributed by atoms with van der Waals surface area (Å²) >= 11 is 1.60. The van der Waals surface area contributed by atoms with E-state index in [0.717, 1.165) is 10.6 Å². The molecule has 0 amide bonds. The molecule has 0 aromatic heterocycles. The number of aromatic carboxylic acids is 1. The van der Waals surface area contributed by atoms with Gasteiger partial charge in [0.15, 0.2) is 0 Å². The number of carboxylic acid groups (broad SMARTS) is 1. The standard InChI is InChI=1S/C19H22O3S/c1-12-15(23-11-13-8-6-5-7-9-13)10-14(19(2,3)4)17(20)16(12)18(21)22/h5-10,20H,11H2,1-4H3,(H,21,22). The lowest BCUT2D eigenvalue weighted by molar-refractivity contribution is 0.0692. The molecule has 2 rings (SSSR count). The van der Waals surface area contributed by atoms with Crippen LogP contribution >= 0.6 is 11.8 Å².